The second-order valence-corrected chi connectivity index (χ2v) is 6.05. The molecular formula is C16H16BrClO2. The van der Waals surface area contributed by atoms with Crippen LogP contribution in [0.5, 0.6) is 5.75 Å². The molecule has 0 saturated heterocycles. The zero-order valence-corrected chi connectivity index (χ0v) is 13.6. The minimum absolute atomic E-state index is 0.158. The highest BCUT2D eigenvalue weighted by molar-refractivity contribution is 9.10. The molecule has 20 heavy (non-hydrogen) atoms. The Morgan fingerprint density at radius 3 is 2.85 bits per heavy atom. The van der Waals surface area contributed by atoms with Crippen molar-refractivity contribution in [1.29, 1.82) is 0 Å². The smallest absolute Gasteiger partial charge is 0.124 e. The first kappa shape index (κ1) is 15.3. The molecule has 0 heterocycles. The molecule has 1 unspecified atom stereocenters. The van der Waals surface area contributed by atoms with Crippen molar-refractivity contribution in [2.75, 3.05) is 7.11 Å². The van der Waals surface area contributed by atoms with Crippen LogP contribution in [-0.2, 0) is 4.79 Å². The van der Waals surface area contributed by atoms with Gasteiger partial charge in [-0.2, -0.15) is 0 Å². The zero-order valence-electron chi connectivity index (χ0n) is 11.2. The maximum absolute atomic E-state index is 10.4. The third-order valence-corrected chi connectivity index (χ3v) is 4.23. The molecule has 2 aromatic carbocycles. The number of aldehydes is 1. The molecule has 0 aliphatic carbocycles. The third kappa shape index (κ3) is 3.33. The van der Waals surface area contributed by atoms with E-state index in [1.807, 2.05) is 24.3 Å². The lowest BCUT2D eigenvalue weighted by atomic mass is 9.98. The molecule has 2 aromatic rings. The first-order valence-electron chi connectivity index (χ1n) is 6.51. The topological polar surface area (TPSA) is 26.3 Å². The number of rotatable bonds is 6. The number of alkyl halides is 1. The van der Waals surface area contributed by atoms with Crippen molar-refractivity contribution in [2.45, 2.75) is 24.6 Å². The number of benzene rings is 2. The van der Waals surface area contributed by atoms with E-state index in [0.717, 1.165) is 45.7 Å². The molecule has 0 saturated carbocycles. The molecule has 2 rings (SSSR count). The second-order valence-electron chi connectivity index (χ2n) is 4.61. The average Bonchev–Trinajstić information content (AvgIpc) is 2.45. The van der Waals surface area contributed by atoms with Crippen LogP contribution >= 0.6 is 27.5 Å². The van der Waals surface area contributed by atoms with Gasteiger partial charge in [0.25, 0.3) is 0 Å². The van der Waals surface area contributed by atoms with Crippen LogP contribution in [0.2, 0.25) is 0 Å². The number of fused-ring (bicyclic) bond motifs is 1. The molecule has 0 bridgehead atoms. The summed E-state index contributed by atoms with van der Waals surface area (Å²) < 4.78 is 6.48. The van der Waals surface area contributed by atoms with Crippen molar-refractivity contribution < 1.29 is 9.53 Å². The molecule has 1 atom stereocenters. The van der Waals surface area contributed by atoms with E-state index in [1.165, 1.54) is 0 Å². The summed E-state index contributed by atoms with van der Waals surface area (Å²) in [6, 6.07) is 10.1. The molecule has 0 radical (unpaired) electrons. The van der Waals surface area contributed by atoms with Crippen LogP contribution in [0.1, 0.15) is 30.2 Å². The lowest BCUT2D eigenvalue weighted by Gasteiger charge is -2.17. The Labute approximate surface area is 132 Å². The van der Waals surface area contributed by atoms with Crippen molar-refractivity contribution in [3.8, 4) is 5.75 Å². The first-order valence-corrected chi connectivity index (χ1v) is 7.74. The Bertz CT molecular complexity index is 613. The molecule has 0 amide bonds. The summed E-state index contributed by atoms with van der Waals surface area (Å²) in [6.07, 6.45) is 3.02. The molecule has 4 heteroatoms. The number of unbranched alkanes of at least 4 members (excludes halogenated alkanes) is 1. The Hall–Kier alpha value is -1.06. The molecule has 0 fully saturated rings. The number of halogens is 2. The van der Waals surface area contributed by atoms with E-state index in [9.17, 15) is 4.79 Å². The standard InChI is InChI=1S/C16H16BrClO2/c1-20-15-8-5-11-10-12(17)6-7-13(11)16(15)14(18)4-2-3-9-19/h5-10,14H,2-4H2,1H3. The predicted octanol–water partition coefficient (Wildman–Crippen LogP) is 5.26. The monoisotopic (exact) mass is 354 g/mol. The van der Waals surface area contributed by atoms with Crippen LogP contribution in [0.25, 0.3) is 10.8 Å². The summed E-state index contributed by atoms with van der Waals surface area (Å²) in [5.41, 5.74) is 1.00. The van der Waals surface area contributed by atoms with Gasteiger partial charge >= 0.3 is 0 Å². The van der Waals surface area contributed by atoms with Gasteiger partial charge in [0.15, 0.2) is 0 Å². The highest BCUT2D eigenvalue weighted by atomic mass is 79.9. The summed E-state index contributed by atoms with van der Waals surface area (Å²) >= 11 is 10.0. The highest BCUT2D eigenvalue weighted by Crippen LogP contribution is 2.39. The highest BCUT2D eigenvalue weighted by Gasteiger charge is 2.17. The number of carbonyl (C=O) groups is 1. The van der Waals surface area contributed by atoms with Crippen LogP contribution in [0.3, 0.4) is 0 Å². The molecule has 0 spiro atoms. The number of methoxy groups -OCH3 is 1. The minimum Gasteiger partial charge on any atom is -0.496 e. The molecule has 0 aliphatic heterocycles. The fourth-order valence-electron chi connectivity index (χ4n) is 2.33. The summed E-state index contributed by atoms with van der Waals surface area (Å²) in [5, 5.41) is 2.06. The van der Waals surface area contributed by atoms with Crippen LogP contribution in [-0.4, -0.2) is 13.4 Å². The van der Waals surface area contributed by atoms with Gasteiger partial charge in [-0.3, -0.25) is 0 Å². The zero-order chi connectivity index (χ0) is 14.5. The van der Waals surface area contributed by atoms with Gasteiger partial charge in [0, 0.05) is 16.5 Å². The molecular weight excluding hydrogens is 340 g/mol. The van der Waals surface area contributed by atoms with Gasteiger partial charge in [-0.15, -0.1) is 11.6 Å². The van der Waals surface area contributed by atoms with Crippen LogP contribution in [0.15, 0.2) is 34.8 Å². The normalized spacial score (nSPS) is 12.3. The molecule has 106 valence electrons. The fourth-order valence-corrected chi connectivity index (χ4v) is 3.09. The van der Waals surface area contributed by atoms with Crippen molar-refractivity contribution in [3.63, 3.8) is 0 Å². The van der Waals surface area contributed by atoms with E-state index < -0.39 is 0 Å². The van der Waals surface area contributed by atoms with Crippen LogP contribution in [0, 0.1) is 0 Å². The van der Waals surface area contributed by atoms with Crippen LogP contribution < -0.4 is 4.74 Å². The van der Waals surface area contributed by atoms with E-state index in [0.29, 0.717) is 6.42 Å². The van der Waals surface area contributed by atoms with Crippen molar-refractivity contribution in [2.24, 2.45) is 0 Å². The van der Waals surface area contributed by atoms with Gasteiger partial charge in [0.05, 0.1) is 12.5 Å². The Kier molecular flexibility index (Phi) is 5.44. The number of hydrogen-bond acceptors (Lipinski definition) is 2. The lowest BCUT2D eigenvalue weighted by molar-refractivity contribution is -0.107. The van der Waals surface area contributed by atoms with Gasteiger partial charge in [-0.1, -0.05) is 28.1 Å². The molecule has 0 aromatic heterocycles. The van der Waals surface area contributed by atoms with Gasteiger partial charge < -0.3 is 9.53 Å². The van der Waals surface area contributed by atoms with Gasteiger partial charge in [0.2, 0.25) is 0 Å². The SMILES string of the molecule is COc1ccc2cc(Br)ccc2c1C(Cl)CCCC=O. The van der Waals surface area contributed by atoms with Crippen molar-refractivity contribution >= 4 is 44.6 Å². The van der Waals surface area contributed by atoms with Crippen molar-refractivity contribution in [1.82, 2.24) is 0 Å². The Balaban J connectivity index is 2.44. The number of ether oxygens (including phenoxy) is 1. The van der Waals surface area contributed by atoms with E-state index >= 15 is 0 Å². The van der Waals surface area contributed by atoms with Gasteiger partial charge in [-0.25, -0.2) is 0 Å². The Morgan fingerprint density at radius 1 is 1.35 bits per heavy atom. The van der Waals surface area contributed by atoms with Crippen LogP contribution in [0.4, 0.5) is 0 Å². The minimum atomic E-state index is -0.158. The Morgan fingerprint density at radius 2 is 2.15 bits per heavy atom. The number of carbonyl (C=O) groups excluding carboxylic acids is 1. The van der Waals surface area contributed by atoms with E-state index in [2.05, 4.69) is 22.0 Å². The summed E-state index contributed by atoms with van der Waals surface area (Å²) in [6.45, 7) is 0. The first-order chi connectivity index (χ1) is 9.67. The van der Waals surface area contributed by atoms with E-state index in [4.69, 9.17) is 16.3 Å². The third-order valence-electron chi connectivity index (χ3n) is 3.30. The number of hydrogen-bond donors (Lipinski definition) is 0. The quantitative estimate of drug-likeness (QED) is 0.401. The molecule has 0 aliphatic rings. The lowest BCUT2D eigenvalue weighted by Crippen LogP contribution is -1.98. The second kappa shape index (κ2) is 7.09. The van der Waals surface area contributed by atoms with Crippen molar-refractivity contribution in [3.05, 3.63) is 40.4 Å². The maximum atomic E-state index is 10.4. The van der Waals surface area contributed by atoms with Gasteiger partial charge in [0.1, 0.15) is 12.0 Å². The predicted molar refractivity (Wildman–Crippen MR) is 86.7 cm³/mol. The summed E-state index contributed by atoms with van der Waals surface area (Å²) in [7, 11) is 1.65. The average molecular weight is 356 g/mol. The summed E-state index contributed by atoms with van der Waals surface area (Å²) in [4.78, 5) is 10.4. The molecule has 0 N–H and O–H groups in total. The van der Waals surface area contributed by atoms with E-state index in [1.54, 1.807) is 7.11 Å². The fraction of sp³-hybridized carbons (Fsp3) is 0.312. The summed E-state index contributed by atoms with van der Waals surface area (Å²) in [5.74, 6) is 0.797. The van der Waals surface area contributed by atoms with Gasteiger partial charge in [-0.05, 0) is 41.8 Å². The maximum Gasteiger partial charge on any atom is 0.124 e. The largest absolute Gasteiger partial charge is 0.496 e. The van der Waals surface area contributed by atoms with E-state index in [-0.39, 0.29) is 5.38 Å². The molecule has 2 nitrogen and oxygen atoms in total.